The minimum atomic E-state index is -0.333. The van der Waals surface area contributed by atoms with Crippen LogP contribution in [0, 0.1) is 5.92 Å². The minimum Gasteiger partial charge on any atom is -0.391 e. The molecule has 6 heteroatoms. The molecule has 1 aliphatic rings. The van der Waals surface area contributed by atoms with Crippen LogP contribution in [0.3, 0.4) is 0 Å². The Morgan fingerprint density at radius 2 is 1.95 bits per heavy atom. The van der Waals surface area contributed by atoms with E-state index in [2.05, 4.69) is 22.5 Å². The lowest BCUT2D eigenvalue weighted by Crippen LogP contribution is -2.22. The quantitative estimate of drug-likeness (QED) is 0.722. The number of anilines is 2. The number of nitrogens with one attached hydrogen (secondary N) is 2. The van der Waals surface area contributed by atoms with Crippen molar-refractivity contribution in [3.05, 3.63) is 16.1 Å². The molecule has 4 nitrogen and oxygen atoms in total. The lowest BCUT2D eigenvalue weighted by molar-refractivity contribution is 0.164. The molecule has 2 rings (SSSR count). The zero-order valence-electron chi connectivity index (χ0n) is 10.9. The van der Waals surface area contributed by atoms with Gasteiger partial charge >= 0.3 is 0 Å². The molecule has 3 N–H and O–H groups in total. The Morgan fingerprint density at radius 1 is 1.32 bits per heavy atom. The number of pyridine rings is 1. The predicted molar refractivity (Wildman–Crippen MR) is 80.3 cm³/mol. The molecule has 1 aromatic rings. The van der Waals surface area contributed by atoms with Gasteiger partial charge in [0.1, 0.15) is 11.6 Å². The zero-order chi connectivity index (χ0) is 13.8. The Kier molecular flexibility index (Phi) is 5.13. The van der Waals surface area contributed by atoms with Crippen molar-refractivity contribution in [3.63, 3.8) is 0 Å². The molecule has 1 atom stereocenters. The number of aliphatic hydroxyl groups excluding tert-OH is 1. The Hall–Kier alpha value is -0.710. The number of rotatable bonds is 7. The number of hydrogen-bond acceptors (Lipinski definition) is 4. The summed E-state index contributed by atoms with van der Waals surface area (Å²) in [5.41, 5.74) is 0. The fourth-order valence-corrected chi connectivity index (χ4v) is 2.30. The number of aliphatic hydroxyl groups is 1. The zero-order valence-corrected chi connectivity index (χ0v) is 12.4. The van der Waals surface area contributed by atoms with E-state index in [-0.39, 0.29) is 6.10 Å². The summed E-state index contributed by atoms with van der Waals surface area (Å²) in [7, 11) is 0. The maximum absolute atomic E-state index is 9.83. The number of nitrogens with zero attached hydrogens (tertiary/aromatic N) is 1. The lowest BCUT2D eigenvalue weighted by Gasteiger charge is -2.14. The predicted octanol–water partition coefficient (Wildman–Crippen LogP) is 3.39. The molecular weight excluding hydrogens is 285 g/mol. The number of halogens is 2. The highest BCUT2D eigenvalue weighted by atomic mass is 35.5. The first kappa shape index (κ1) is 14.7. The Balaban J connectivity index is 2.01. The summed E-state index contributed by atoms with van der Waals surface area (Å²) in [6.07, 6.45) is 2.87. The largest absolute Gasteiger partial charge is 0.391 e. The van der Waals surface area contributed by atoms with Crippen LogP contribution < -0.4 is 10.6 Å². The van der Waals surface area contributed by atoms with Gasteiger partial charge < -0.3 is 15.7 Å². The number of hydrogen-bond donors (Lipinski definition) is 3. The molecule has 19 heavy (non-hydrogen) atoms. The average molecular weight is 304 g/mol. The van der Waals surface area contributed by atoms with Gasteiger partial charge in [-0.15, -0.1) is 0 Å². The molecule has 0 spiro atoms. The first-order valence-corrected chi connectivity index (χ1v) is 7.39. The molecule has 1 unspecified atom stereocenters. The molecule has 0 bridgehead atoms. The highest BCUT2D eigenvalue weighted by molar-refractivity contribution is 6.37. The van der Waals surface area contributed by atoms with E-state index in [4.69, 9.17) is 23.2 Å². The van der Waals surface area contributed by atoms with Crippen LogP contribution in [0.25, 0.3) is 0 Å². The maximum Gasteiger partial charge on any atom is 0.147 e. The summed E-state index contributed by atoms with van der Waals surface area (Å²) >= 11 is 12.2. The van der Waals surface area contributed by atoms with Crippen molar-refractivity contribution in [1.82, 2.24) is 4.98 Å². The van der Waals surface area contributed by atoms with Gasteiger partial charge in [0.25, 0.3) is 0 Å². The van der Waals surface area contributed by atoms with Crippen LogP contribution in [-0.2, 0) is 0 Å². The maximum atomic E-state index is 9.83. The molecule has 1 fully saturated rings. The van der Waals surface area contributed by atoms with Crippen LogP contribution in [0.2, 0.25) is 10.0 Å². The van der Waals surface area contributed by atoms with Crippen molar-refractivity contribution < 1.29 is 5.11 Å². The van der Waals surface area contributed by atoms with E-state index in [9.17, 15) is 5.11 Å². The average Bonchev–Trinajstić information content (AvgIpc) is 3.20. The van der Waals surface area contributed by atoms with Crippen LogP contribution in [0.4, 0.5) is 11.6 Å². The lowest BCUT2D eigenvalue weighted by atomic mass is 10.2. The molecule has 0 aliphatic heterocycles. The third-order valence-electron chi connectivity index (χ3n) is 3.12. The van der Waals surface area contributed by atoms with Crippen molar-refractivity contribution in [2.75, 3.05) is 23.7 Å². The van der Waals surface area contributed by atoms with E-state index in [1.54, 1.807) is 6.07 Å². The summed E-state index contributed by atoms with van der Waals surface area (Å²) in [5.74, 6) is 1.61. The molecule has 106 valence electrons. The van der Waals surface area contributed by atoms with Gasteiger partial charge in [-0.3, -0.25) is 0 Å². The van der Waals surface area contributed by atoms with Gasteiger partial charge in [0, 0.05) is 13.1 Å². The van der Waals surface area contributed by atoms with Gasteiger partial charge in [-0.1, -0.05) is 30.1 Å². The third kappa shape index (κ3) is 4.13. The second-order valence-corrected chi connectivity index (χ2v) is 5.68. The molecule has 0 saturated heterocycles. The van der Waals surface area contributed by atoms with Crippen molar-refractivity contribution in [3.8, 4) is 0 Å². The van der Waals surface area contributed by atoms with E-state index in [0.717, 1.165) is 25.8 Å². The van der Waals surface area contributed by atoms with Gasteiger partial charge in [0.05, 0.1) is 16.1 Å². The van der Waals surface area contributed by atoms with Crippen LogP contribution in [0.5, 0.6) is 0 Å². The van der Waals surface area contributed by atoms with Gasteiger partial charge in [0.2, 0.25) is 0 Å². The Morgan fingerprint density at radius 3 is 2.53 bits per heavy atom. The normalized spacial score (nSPS) is 16.2. The van der Waals surface area contributed by atoms with Crippen LogP contribution in [-0.4, -0.2) is 29.3 Å². The molecule has 1 heterocycles. The van der Waals surface area contributed by atoms with Gasteiger partial charge in [-0.25, -0.2) is 4.98 Å². The molecule has 1 saturated carbocycles. The van der Waals surface area contributed by atoms with E-state index in [0.29, 0.717) is 34.1 Å². The van der Waals surface area contributed by atoms with Crippen molar-refractivity contribution in [1.29, 1.82) is 0 Å². The Bertz CT molecular complexity index is 438. The summed E-state index contributed by atoms with van der Waals surface area (Å²) in [5, 5.41) is 17.0. The summed E-state index contributed by atoms with van der Waals surface area (Å²) < 4.78 is 0. The summed E-state index contributed by atoms with van der Waals surface area (Å²) in [6, 6.07) is 1.67. The standard InChI is InChI=1S/C13H19Cl2N3O/c1-2-5-16-12-9(14)6-10(15)13(18-12)17-7-11(19)8-3-4-8/h6,8,11,19H,2-5,7H2,1H3,(H2,16,17,18). The van der Waals surface area contributed by atoms with Crippen LogP contribution in [0.15, 0.2) is 6.07 Å². The van der Waals surface area contributed by atoms with E-state index < -0.39 is 0 Å². The molecule has 1 aromatic heterocycles. The summed E-state index contributed by atoms with van der Waals surface area (Å²) in [6.45, 7) is 3.34. The second kappa shape index (κ2) is 6.64. The SMILES string of the molecule is CCCNc1nc(NCC(O)C2CC2)c(Cl)cc1Cl. The van der Waals surface area contributed by atoms with Gasteiger partial charge in [-0.2, -0.15) is 0 Å². The fraction of sp³-hybridized carbons (Fsp3) is 0.615. The van der Waals surface area contributed by atoms with E-state index in [1.165, 1.54) is 0 Å². The van der Waals surface area contributed by atoms with Crippen molar-refractivity contribution >= 4 is 34.8 Å². The fourth-order valence-electron chi connectivity index (χ4n) is 1.81. The molecule has 0 amide bonds. The topological polar surface area (TPSA) is 57.2 Å². The summed E-state index contributed by atoms with van der Waals surface area (Å²) in [4.78, 5) is 4.36. The van der Waals surface area contributed by atoms with Crippen molar-refractivity contribution in [2.24, 2.45) is 5.92 Å². The minimum absolute atomic E-state index is 0.333. The van der Waals surface area contributed by atoms with Gasteiger partial charge in [0.15, 0.2) is 0 Å². The molecule has 1 aliphatic carbocycles. The van der Waals surface area contributed by atoms with Crippen LogP contribution in [0.1, 0.15) is 26.2 Å². The first-order chi connectivity index (χ1) is 9.11. The smallest absolute Gasteiger partial charge is 0.147 e. The number of aromatic nitrogens is 1. The molecule has 0 radical (unpaired) electrons. The van der Waals surface area contributed by atoms with Crippen LogP contribution >= 0.6 is 23.2 Å². The van der Waals surface area contributed by atoms with Gasteiger partial charge in [-0.05, 0) is 31.2 Å². The molecular formula is C13H19Cl2N3O. The monoisotopic (exact) mass is 303 g/mol. The highest BCUT2D eigenvalue weighted by Crippen LogP contribution is 2.33. The first-order valence-electron chi connectivity index (χ1n) is 6.63. The molecule has 0 aromatic carbocycles. The van der Waals surface area contributed by atoms with E-state index >= 15 is 0 Å². The third-order valence-corrected chi connectivity index (χ3v) is 3.69. The van der Waals surface area contributed by atoms with Crippen molar-refractivity contribution in [2.45, 2.75) is 32.3 Å². The second-order valence-electron chi connectivity index (χ2n) is 4.86. The highest BCUT2D eigenvalue weighted by Gasteiger charge is 2.29. The Labute approximate surface area is 123 Å². The van der Waals surface area contributed by atoms with E-state index in [1.807, 2.05) is 0 Å².